The van der Waals surface area contributed by atoms with Crippen molar-refractivity contribution < 1.29 is 22.8 Å². The molecule has 1 aromatic heterocycles. The molecule has 0 bridgehead atoms. The first-order chi connectivity index (χ1) is 15.7. The highest BCUT2D eigenvalue weighted by Crippen LogP contribution is 2.39. The lowest BCUT2D eigenvalue weighted by Crippen LogP contribution is -2.41. The number of hydrogen-bond acceptors (Lipinski definition) is 6. The lowest BCUT2D eigenvalue weighted by molar-refractivity contribution is 0.0966. The van der Waals surface area contributed by atoms with Gasteiger partial charge in [0.1, 0.15) is 5.00 Å². The predicted octanol–water partition coefficient (Wildman–Crippen LogP) is 2.86. The molecule has 4 rings (SSSR count). The zero-order valence-corrected chi connectivity index (χ0v) is 19.9. The van der Waals surface area contributed by atoms with E-state index in [0.717, 1.165) is 42.5 Å². The van der Waals surface area contributed by atoms with Gasteiger partial charge < -0.3 is 11.1 Å². The van der Waals surface area contributed by atoms with E-state index >= 15 is 0 Å². The number of carbonyl (C=O) groups is 3. The summed E-state index contributed by atoms with van der Waals surface area (Å²) in [5.74, 6) is -1.12. The fourth-order valence-corrected chi connectivity index (χ4v) is 7.41. The van der Waals surface area contributed by atoms with Crippen molar-refractivity contribution in [3.63, 3.8) is 0 Å². The number of fused-ring (bicyclic) bond motifs is 1. The van der Waals surface area contributed by atoms with Gasteiger partial charge in [0, 0.05) is 23.0 Å². The normalized spacial score (nSPS) is 18.5. The van der Waals surface area contributed by atoms with Crippen LogP contribution in [0.4, 0.5) is 9.80 Å². The van der Waals surface area contributed by atoms with E-state index in [-0.39, 0.29) is 22.1 Å². The Labute approximate surface area is 196 Å². The highest BCUT2D eigenvalue weighted by molar-refractivity contribution is 7.89. The summed E-state index contributed by atoms with van der Waals surface area (Å²) in [6, 6.07) is 4.76. The molecule has 2 aromatic rings. The molecule has 0 spiro atoms. The first kappa shape index (κ1) is 23.4. The molecule has 1 aliphatic heterocycles. The van der Waals surface area contributed by atoms with Gasteiger partial charge in [-0.15, -0.1) is 11.3 Å². The van der Waals surface area contributed by atoms with Crippen LogP contribution >= 0.6 is 11.3 Å². The van der Waals surface area contributed by atoms with Gasteiger partial charge in [-0.3, -0.25) is 14.9 Å². The number of nitrogens with zero attached hydrogens (tertiary/aromatic N) is 1. The number of thiophene rings is 1. The minimum absolute atomic E-state index is 0.0579. The molecule has 9 nitrogen and oxygen atoms in total. The summed E-state index contributed by atoms with van der Waals surface area (Å²) in [5, 5.41) is 5.17. The number of nitrogens with two attached hydrogens (primary N) is 1. The Hall–Kier alpha value is -2.76. The van der Waals surface area contributed by atoms with E-state index in [9.17, 15) is 22.8 Å². The zero-order chi connectivity index (χ0) is 23.8. The van der Waals surface area contributed by atoms with Gasteiger partial charge in [0.25, 0.3) is 11.8 Å². The maximum Gasteiger partial charge on any atom is 0.319 e. The number of aryl methyl sites for hydroxylation is 1. The Morgan fingerprint density at radius 2 is 1.79 bits per heavy atom. The Balaban J connectivity index is 1.54. The number of nitrogens with one attached hydrogen (secondary N) is 2. The molecule has 1 aliphatic carbocycles. The quantitative estimate of drug-likeness (QED) is 0.591. The van der Waals surface area contributed by atoms with Crippen LogP contribution in [0.5, 0.6) is 0 Å². The number of carbonyl (C=O) groups excluding carboxylic acids is 3. The Kier molecular flexibility index (Phi) is 6.55. The van der Waals surface area contributed by atoms with E-state index in [1.165, 1.54) is 39.9 Å². The summed E-state index contributed by atoms with van der Waals surface area (Å²) in [5.41, 5.74) is 6.44. The second-order valence-corrected chi connectivity index (χ2v) is 11.3. The maximum absolute atomic E-state index is 13.0. The van der Waals surface area contributed by atoms with Gasteiger partial charge in [-0.1, -0.05) is 6.42 Å². The molecule has 1 fully saturated rings. The first-order valence-corrected chi connectivity index (χ1v) is 13.1. The van der Waals surface area contributed by atoms with E-state index in [0.29, 0.717) is 18.0 Å². The topological polar surface area (TPSA) is 139 Å². The summed E-state index contributed by atoms with van der Waals surface area (Å²) in [7, 11) is -3.63. The minimum Gasteiger partial charge on any atom is -0.351 e. The molecular formula is C22H26N4O5S2. The smallest absolute Gasteiger partial charge is 0.319 e. The summed E-state index contributed by atoms with van der Waals surface area (Å²) < 4.78 is 27.5. The van der Waals surface area contributed by atoms with Crippen LogP contribution in [0.3, 0.4) is 0 Å². The zero-order valence-electron chi connectivity index (χ0n) is 18.2. The Morgan fingerprint density at radius 3 is 2.45 bits per heavy atom. The van der Waals surface area contributed by atoms with Crippen molar-refractivity contribution in [2.24, 2.45) is 5.73 Å². The number of imide groups is 1. The molecule has 1 aromatic carbocycles. The molecule has 1 atom stereocenters. The van der Waals surface area contributed by atoms with Gasteiger partial charge in [-0.25, -0.2) is 13.2 Å². The molecule has 2 aliphatic rings. The molecule has 33 heavy (non-hydrogen) atoms. The SMILES string of the molecule is CC1CCCCN1S(=O)(=O)c1ccc(C(=O)Nc2sc3c(c2C(=O)NC(N)=O)CCC3)cc1. The number of sulfonamides is 1. The first-order valence-electron chi connectivity index (χ1n) is 10.9. The van der Waals surface area contributed by atoms with Crippen molar-refractivity contribution in [1.29, 1.82) is 0 Å². The van der Waals surface area contributed by atoms with Crippen molar-refractivity contribution >= 4 is 44.2 Å². The third kappa shape index (κ3) is 4.66. The fraction of sp³-hybridized carbons (Fsp3) is 0.409. The number of primary amides is 1. The lowest BCUT2D eigenvalue weighted by atomic mass is 10.1. The molecule has 0 radical (unpaired) electrons. The number of benzene rings is 1. The number of amides is 4. The van der Waals surface area contributed by atoms with Gasteiger partial charge >= 0.3 is 6.03 Å². The summed E-state index contributed by atoms with van der Waals surface area (Å²) in [6.45, 7) is 2.40. The van der Waals surface area contributed by atoms with Crippen LogP contribution in [-0.2, 0) is 22.9 Å². The summed E-state index contributed by atoms with van der Waals surface area (Å²) in [4.78, 5) is 37.7. The highest BCUT2D eigenvalue weighted by atomic mass is 32.2. The number of rotatable bonds is 5. The van der Waals surface area contributed by atoms with E-state index in [1.54, 1.807) is 0 Å². The molecule has 4 amide bonds. The van der Waals surface area contributed by atoms with E-state index in [2.05, 4.69) is 10.6 Å². The molecular weight excluding hydrogens is 464 g/mol. The fourth-order valence-electron chi connectivity index (χ4n) is 4.42. The number of piperidine rings is 1. The molecule has 1 saturated heterocycles. The van der Waals surface area contributed by atoms with Gasteiger partial charge in [-0.05, 0) is 68.9 Å². The minimum atomic E-state index is -3.63. The number of urea groups is 1. The average molecular weight is 491 g/mol. The molecule has 176 valence electrons. The van der Waals surface area contributed by atoms with E-state index in [1.807, 2.05) is 6.92 Å². The van der Waals surface area contributed by atoms with Gasteiger partial charge in [0.05, 0.1) is 10.5 Å². The Morgan fingerprint density at radius 1 is 1.06 bits per heavy atom. The van der Waals surface area contributed by atoms with Crippen LogP contribution in [0.15, 0.2) is 29.2 Å². The monoisotopic (exact) mass is 490 g/mol. The van der Waals surface area contributed by atoms with Crippen LogP contribution in [0.1, 0.15) is 63.8 Å². The average Bonchev–Trinajstić information content (AvgIpc) is 3.34. The van der Waals surface area contributed by atoms with Crippen LogP contribution in [0.25, 0.3) is 0 Å². The van der Waals surface area contributed by atoms with Crippen molar-refractivity contribution in [1.82, 2.24) is 9.62 Å². The largest absolute Gasteiger partial charge is 0.351 e. The molecule has 11 heteroatoms. The van der Waals surface area contributed by atoms with Crippen molar-refractivity contribution in [3.05, 3.63) is 45.8 Å². The van der Waals surface area contributed by atoms with Crippen molar-refractivity contribution in [3.8, 4) is 0 Å². The molecule has 1 unspecified atom stereocenters. The van der Waals surface area contributed by atoms with Crippen LogP contribution < -0.4 is 16.4 Å². The third-order valence-corrected chi connectivity index (χ3v) is 9.31. The summed E-state index contributed by atoms with van der Waals surface area (Å²) >= 11 is 1.31. The maximum atomic E-state index is 13.0. The van der Waals surface area contributed by atoms with Crippen LogP contribution in [0, 0.1) is 0 Å². The van der Waals surface area contributed by atoms with Crippen molar-refractivity contribution in [2.75, 3.05) is 11.9 Å². The number of anilines is 1. The van der Waals surface area contributed by atoms with Gasteiger partial charge in [-0.2, -0.15) is 4.31 Å². The van der Waals surface area contributed by atoms with E-state index in [4.69, 9.17) is 5.73 Å². The van der Waals surface area contributed by atoms with Gasteiger partial charge in [0.15, 0.2) is 0 Å². The number of hydrogen-bond donors (Lipinski definition) is 3. The predicted molar refractivity (Wildman–Crippen MR) is 125 cm³/mol. The third-order valence-electron chi connectivity index (χ3n) is 6.08. The lowest BCUT2D eigenvalue weighted by Gasteiger charge is -2.32. The molecule has 2 heterocycles. The van der Waals surface area contributed by atoms with Crippen molar-refractivity contribution in [2.45, 2.75) is 56.4 Å². The highest BCUT2D eigenvalue weighted by Gasteiger charge is 2.31. The Bertz CT molecular complexity index is 1200. The summed E-state index contributed by atoms with van der Waals surface area (Å²) in [6.07, 6.45) is 5.06. The molecule has 4 N–H and O–H groups in total. The standard InChI is InChI=1S/C22H26N4O5S2/c1-13-5-2-3-12-26(13)33(30,31)15-10-8-14(9-11-15)19(27)24-21-18(20(28)25-22(23)29)16-6-4-7-17(16)32-21/h8-11,13H,2-7,12H2,1H3,(H,24,27)(H3,23,25,28,29). The van der Waals surface area contributed by atoms with Crippen LogP contribution in [0.2, 0.25) is 0 Å². The van der Waals surface area contributed by atoms with E-state index < -0.39 is 27.9 Å². The van der Waals surface area contributed by atoms with Crippen LogP contribution in [-0.4, -0.2) is 43.2 Å². The second-order valence-electron chi connectivity index (χ2n) is 8.32. The second kappa shape index (κ2) is 9.24. The molecule has 0 saturated carbocycles. The van der Waals surface area contributed by atoms with Gasteiger partial charge in [0.2, 0.25) is 10.0 Å².